The molecule has 0 bridgehead atoms. The first-order valence-corrected chi connectivity index (χ1v) is 7.21. The third-order valence-corrected chi connectivity index (χ3v) is 4.49. The molecule has 1 fully saturated rings. The van der Waals surface area contributed by atoms with Gasteiger partial charge in [-0.2, -0.15) is 0 Å². The summed E-state index contributed by atoms with van der Waals surface area (Å²) in [6, 6.07) is 7.97. The highest BCUT2D eigenvalue weighted by molar-refractivity contribution is 5.35. The van der Waals surface area contributed by atoms with Crippen LogP contribution in [-0.4, -0.2) is 29.0 Å². The quantitative estimate of drug-likeness (QED) is 0.678. The molecule has 1 aromatic carbocycles. The summed E-state index contributed by atoms with van der Waals surface area (Å²) >= 11 is 0. The Morgan fingerprint density at radius 1 is 1.35 bits per heavy atom. The minimum Gasteiger partial charge on any atom is -0.328 e. The number of hydrogen-bond donors (Lipinski definition) is 1. The van der Waals surface area contributed by atoms with E-state index in [1.54, 1.807) is 12.1 Å². The van der Waals surface area contributed by atoms with Gasteiger partial charge in [0.1, 0.15) is 0 Å². The SMILES string of the molecule is CC(c1cccc([N+](=O)[O-])c1)N(C)C1CCC(N)CC1. The van der Waals surface area contributed by atoms with Gasteiger partial charge in [0.25, 0.3) is 5.69 Å². The Balaban J connectivity index is 2.08. The summed E-state index contributed by atoms with van der Waals surface area (Å²) < 4.78 is 0. The molecule has 2 rings (SSSR count). The van der Waals surface area contributed by atoms with Gasteiger partial charge in [0.05, 0.1) is 4.92 Å². The van der Waals surface area contributed by atoms with Gasteiger partial charge in [0.2, 0.25) is 0 Å². The number of nitro groups is 1. The van der Waals surface area contributed by atoms with Crippen molar-refractivity contribution in [2.24, 2.45) is 5.73 Å². The van der Waals surface area contributed by atoms with E-state index in [1.165, 1.54) is 6.07 Å². The molecule has 1 aromatic rings. The molecule has 20 heavy (non-hydrogen) atoms. The number of non-ortho nitro benzene ring substituents is 1. The molecule has 0 aliphatic heterocycles. The van der Waals surface area contributed by atoms with Gasteiger partial charge in [-0.05, 0) is 45.2 Å². The van der Waals surface area contributed by atoms with Crippen molar-refractivity contribution < 1.29 is 4.92 Å². The van der Waals surface area contributed by atoms with Gasteiger partial charge in [-0.25, -0.2) is 0 Å². The molecule has 0 spiro atoms. The number of nitrogens with zero attached hydrogens (tertiary/aromatic N) is 2. The highest BCUT2D eigenvalue weighted by Crippen LogP contribution is 2.29. The maximum Gasteiger partial charge on any atom is 0.269 e. The van der Waals surface area contributed by atoms with Crippen LogP contribution < -0.4 is 5.73 Å². The van der Waals surface area contributed by atoms with Gasteiger partial charge in [0, 0.05) is 30.3 Å². The van der Waals surface area contributed by atoms with E-state index in [2.05, 4.69) is 18.9 Å². The number of rotatable bonds is 4. The molecule has 1 aliphatic rings. The van der Waals surface area contributed by atoms with Crippen LogP contribution >= 0.6 is 0 Å². The van der Waals surface area contributed by atoms with Crippen molar-refractivity contribution in [1.29, 1.82) is 0 Å². The predicted octanol–water partition coefficient (Wildman–Crippen LogP) is 2.86. The molecule has 2 N–H and O–H groups in total. The maximum absolute atomic E-state index is 10.9. The van der Waals surface area contributed by atoms with Crippen LogP contribution in [0.4, 0.5) is 5.69 Å². The molecule has 0 heterocycles. The van der Waals surface area contributed by atoms with Crippen molar-refractivity contribution in [3.8, 4) is 0 Å². The van der Waals surface area contributed by atoms with Crippen molar-refractivity contribution >= 4 is 5.69 Å². The minimum absolute atomic E-state index is 0.161. The van der Waals surface area contributed by atoms with E-state index in [0.29, 0.717) is 12.1 Å². The van der Waals surface area contributed by atoms with E-state index in [0.717, 1.165) is 31.2 Å². The molecule has 0 aromatic heterocycles. The number of benzene rings is 1. The van der Waals surface area contributed by atoms with Crippen LogP contribution in [0, 0.1) is 10.1 Å². The number of hydrogen-bond acceptors (Lipinski definition) is 4. The first-order chi connectivity index (χ1) is 9.49. The third kappa shape index (κ3) is 3.35. The Labute approximate surface area is 119 Å². The Hall–Kier alpha value is -1.46. The largest absolute Gasteiger partial charge is 0.328 e. The Morgan fingerprint density at radius 2 is 2.00 bits per heavy atom. The van der Waals surface area contributed by atoms with Crippen LogP contribution in [0.25, 0.3) is 0 Å². The van der Waals surface area contributed by atoms with E-state index in [1.807, 2.05) is 6.07 Å². The fourth-order valence-corrected chi connectivity index (χ4v) is 2.96. The summed E-state index contributed by atoms with van der Waals surface area (Å²) in [6.45, 7) is 2.10. The molecule has 0 saturated heterocycles. The Morgan fingerprint density at radius 3 is 2.60 bits per heavy atom. The fourth-order valence-electron chi connectivity index (χ4n) is 2.96. The summed E-state index contributed by atoms with van der Waals surface area (Å²) in [5.74, 6) is 0. The minimum atomic E-state index is -0.337. The number of nitro benzene ring substituents is 1. The lowest BCUT2D eigenvalue weighted by Crippen LogP contribution is -2.39. The zero-order valence-corrected chi connectivity index (χ0v) is 12.2. The summed E-state index contributed by atoms with van der Waals surface area (Å²) in [6.07, 6.45) is 4.35. The summed E-state index contributed by atoms with van der Waals surface area (Å²) in [5.41, 5.74) is 7.10. The monoisotopic (exact) mass is 277 g/mol. The first-order valence-electron chi connectivity index (χ1n) is 7.21. The van der Waals surface area contributed by atoms with Crippen molar-refractivity contribution in [3.05, 3.63) is 39.9 Å². The van der Waals surface area contributed by atoms with Gasteiger partial charge in [0.15, 0.2) is 0 Å². The average molecular weight is 277 g/mol. The van der Waals surface area contributed by atoms with Crippen molar-refractivity contribution in [1.82, 2.24) is 4.90 Å². The molecule has 1 saturated carbocycles. The molecule has 1 unspecified atom stereocenters. The average Bonchev–Trinajstić information content (AvgIpc) is 2.46. The smallest absolute Gasteiger partial charge is 0.269 e. The standard InChI is InChI=1S/C15H23N3O2/c1-11(12-4-3-5-15(10-12)18(19)20)17(2)14-8-6-13(16)7-9-14/h3-5,10-11,13-14H,6-9,16H2,1-2H3. The first kappa shape index (κ1) is 14.9. The van der Waals surface area contributed by atoms with Crippen LogP contribution in [0.3, 0.4) is 0 Å². The van der Waals surface area contributed by atoms with Crippen LogP contribution in [0.15, 0.2) is 24.3 Å². The van der Waals surface area contributed by atoms with Gasteiger partial charge in [-0.3, -0.25) is 15.0 Å². The van der Waals surface area contributed by atoms with Gasteiger partial charge >= 0.3 is 0 Å². The second kappa shape index (κ2) is 6.33. The van der Waals surface area contributed by atoms with E-state index < -0.39 is 0 Å². The van der Waals surface area contributed by atoms with Gasteiger partial charge in [-0.15, -0.1) is 0 Å². The zero-order valence-electron chi connectivity index (χ0n) is 12.2. The molecule has 1 atom stereocenters. The van der Waals surface area contributed by atoms with E-state index in [4.69, 9.17) is 5.73 Å². The summed E-state index contributed by atoms with van der Waals surface area (Å²) in [4.78, 5) is 12.8. The summed E-state index contributed by atoms with van der Waals surface area (Å²) in [7, 11) is 2.10. The topological polar surface area (TPSA) is 72.4 Å². The molecule has 0 radical (unpaired) electrons. The molecular formula is C15H23N3O2. The van der Waals surface area contributed by atoms with Crippen LogP contribution in [-0.2, 0) is 0 Å². The normalized spacial score (nSPS) is 24.6. The molecule has 1 aliphatic carbocycles. The van der Waals surface area contributed by atoms with Crippen LogP contribution in [0.2, 0.25) is 0 Å². The van der Waals surface area contributed by atoms with Crippen LogP contribution in [0.1, 0.15) is 44.2 Å². The second-order valence-electron chi connectivity index (χ2n) is 5.76. The zero-order chi connectivity index (χ0) is 14.7. The fraction of sp³-hybridized carbons (Fsp3) is 0.600. The van der Waals surface area contributed by atoms with Crippen molar-refractivity contribution in [2.45, 2.75) is 50.7 Å². The predicted molar refractivity (Wildman–Crippen MR) is 79.5 cm³/mol. The van der Waals surface area contributed by atoms with E-state index >= 15 is 0 Å². The lowest BCUT2D eigenvalue weighted by Gasteiger charge is -2.37. The molecule has 5 heteroatoms. The maximum atomic E-state index is 10.9. The molecule has 110 valence electrons. The number of nitrogens with two attached hydrogens (primary N) is 1. The van der Waals surface area contributed by atoms with E-state index in [9.17, 15) is 10.1 Å². The summed E-state index contributed by atoms with van der Waals surface area (Å²) in [5, 5.41) is 10.9. The molecular weight excluding hydrogens is 254 g/mol. The molecule has 0 amide bonds. The van der Waals surface area contributed by atoms with Gasteiger partial charge < -0.3 is 5.73 Å². The lowest BCUT2D eigenvalue weighted by molar-refractivity contribution is -0.385. The van der Waals surface area contributed by atoms with E-state index in [-0.39, 0.29) is 16.7 Å². The van der Waals surface area contributed by atoms with Crippen molar-refractivity contribution in [2.75, 3.05) is 7.05 Å². The second-order valence-corrected chi connectivity index (χ2v) is 5.76. The Kier molecular flexibility index (Phi) is 4.73. The lowest BCUT2D eigenvalue weighted by atomic mass is 9.89. The Bertz CT molecular complexity index is 470. The van der Waals surface area contributed by atoms with Gasteiger partial charge in [-0.1, -0.05) is 12.1 Å². The molecule has 5 nitrogen and oxygen atoms in total. The van der Waals surface area contributed by atoms with Crippen LogP contribution in [0.5, 0.6) is 0 Å². The highest BCUT2D eigenvalue weighted by Gasteiger charge is 2.25. The highest BCUT2D eigenvalue weighted by atomic mass is 16.6. The third-order valence-electron chi connectivity index (χ3n) is 4.49. The van der Waals surface area contributed by atoms with Crippen molar-refractivity contribution in [3.63, 3.8) is 0 Å².